The van der Waals surface area contributed by atoms with Crippen molar-refractivity contribution < 1.29 is 24.2 Å². The predicted molar refractivity (Wildman–Crippen MR) is 99.7 cm³/mol. The Morgan fingerprint density at radius 1 is 1.33 bits per heavy atom. The van der Waals surface area contributed by atoms with Crippen LogP contribution in [0, 0.1) is 6.92 Å². The molecule has 0 saturated carbocycles. The third-order valence-electron chi connectivity index (χ3n) is 3.60. The third-order valence-corrected chi connectivity index (χ3v) is 3.60. The fraction of sp³-hybridized carbons (Fsp3) is 0.250. The predicted octanol–water partition coefficient (Wildman–Crippen LogP) is 2.35. The number of aliphatic carboxylic acids is 1. The van der Waals surface area contributed by atoms with Crippen LogP contribution in [0.15, 0.2) is 55.3 Å². The molecule has 1 amide bonds. The molecule has 1 aromatic carbocycles. The second-order valence-corrected chi connectivity index (χ2v) is 5.81. The molecule has 0 spiro atoms. The van der Waals surface area contributed by atoms with Crippen LogP contribution in [0.3, 0.4) is 0 Å². The molecule has 2 rings (SSSR count). The van der Waals surface area contributed by atoms with E-state index >= 15 is 0 Å². The molecule has 142 valence electrons. The number of rotatable bonds is 10. The summed E-state index contributed by atoms with van der Waals surface area (Å²) in [6.45, 7) is 5.70. The highest BCUT2D eigenvalue weighted by molar-refractivity contribution is 5.96. The van der Waals surface area contributed by atoms with Gasteiger partial charge in [-0.2, -0.15) is 0 Å². The highest BCUT2D eigenvalue weighted by Crippen LogP contribution is 2.13. The molecule has 0 aliphatic carbocycles. The van der Waals surface area contributed by atoms with E-state index in [0.717, 1.165) is 11.3 Å². The lowest BCUT2D eigenvalue weighted by Crippen LogP contribution is -2.44. The van der Waals surface area contributed by atoms with E-state index in [1.165, 1.54) is 6.08 Å². The minimum Gasteiger partial charge on any atom is -0.487 e. The standard InChI is InChI=1S/C20H22N2O5/c1-3-9-26-13-18(20(24)25)22-19(23)16-6-4-5-15(10-16)12-27-17-8-7-14(2)21-11-17/h3-8,10-11,18H,1,9,12-13H2,2H3,(H,22,23)(H,24,25). The molecular formula is C20H22N2O5. The van der Waals surface area contributed by atoms with Crippen LogP contribution in [0.4, 0.5) is 0 Å². The smallest absolute Gasteiger partial charge is 0.328 e. The van der Waals surface area contributed by atoms with Gasteiger partial charge in [0.15, 0.2) is 6.04 Å². The zero-order valence-corrected chi connectivity index (χ0v) is 15.1. The lowest BCUT2D eigenvalue weighted by molar-refractivity contribution is -0.140. The summed E-state index contributed by atoms with van der Waals surface area (Å²) < 4.78 is 10.8. The van der Waals surface area contributed by atoms with E-state index in [-0.39, 0.29) is 19.8 Å². The van der Waals surface area contributed by atoms with Crippen LogP contribution in [0.5, 0.6) is 5.75 Å². The molecule has 2 aromatic rings. The highest BCUT2D eigenvalue weighted by Gasteiger charge is 2.21. The number of aromatic nitrogens is 1. The number of hydrogen-bond donors (Lipinski definition) is 2. The molecule has 7 heteroatoms. The monoisotopic (exact) mass is 370 g/mol. The quantitative estimate of drug-likeness (QED) is 0.492. The summed E-state index contributed by atoms with van der Waals surface area (Å²) in [5.74, 6) is -1.04. The Kier molecular flexibility index (Phi) is 7.51. The number of amides is 1. The Labute approximate surface area is 157 Å². The van der Waals surface area contributed by atoms with Crippen LogP contribution in [-0.2, 0) is 16.1 Å². The molecule has 1 unspecified atom stereocenters. The van der Waals surface area contributed by atoms with Gasteiger partial charge in [0.05, 0.1) is 19.4 Å². The molecule has 1 heterocycles. The van der Waals surface area contributed by atoms with E-state index in [4.69, 9.17) is 9.47 Å². The lowest BCUT2D eigenvalue weighted by atomic mass is 10.1. The lowest BCUT2D eigenvalue weighted by Gasteiger charge is -2.15. The van der Waals surface area contributed by atoms with Gasteiger partial charge in [-0.1, -0.05) is 18.2 Å². The first-order chi connectivity index (χ1) is 13.0. The summed E-state index contributed by atoms with van der Waals surface area (Å²) >= 11 is 0. The molecule has 2 N–H and O–H groups in total. The molecule has 1 aromatic heterocycles. The molecule has 0 radical (unpaired) electrons. The normalized spacial score (nSPS) is 11.4. The van der Waals surface area contributed by atoms with Crippen LogP contribution < -0.4 is 10.1 Å². The maximum atomic E-state index is 12.4. The van der Waals surface area contributed by atoms with Crippen molar-refractivity contribution in [1.29, 1.82) is 0 Å². The van der Waals surface area contributed by atoms with Crippen molar-refractivity contribution in [2.75, 3.05) is 13.2 Å². The first-order valence-electron chi connectivity index (χ1n) is 8.36. The van der Waals surface area contributed by atoms with Crippen molar-refractivity contribution in [2.24, 2.45) is 0 Å². The number of aryl methyl sites for hydroxylation is 1. The average Bonchev–Trinajstić information content (AvgIpc) is 2.67. The minimum absolute atomic E-state index is 0.143. The van der Waals surface area contributed by atoms with Crippen LogP contribution in [0.25, 0.3) is 0 Å². The second kappa shape index (κ2) is 10.1. The zero-order valence-electron chi connectivity index (χ0n) is 15.1. The topological polar surface area (TPSA) is 97.8 Å². The molecule has 0 fully saturated rings. The SMILES string of the molecule is C=CCOCC(NC(=O)c1cccc(COc2ccc(C)nc2)c1)C(=O)O. The molecule has 0 aliphatic heterocycles. The zero-order chi connectivity index (χ0) is 19.6. The van der Waals surface area contributed by atoms with Gasteiger partial charge in [0.25, 0.3) is 5.91 Å². The van der Waals surface area contributed by atoms with Gasteiger partial charge < -0.3 is 19.9 Å². The van der Waals surface area contributed by atoms with Gasteiger partial charge in [0, 0.05) is 11.3 Å². The van der Waals surface area contributed by atoms with Gasteiger partial charge in [-0.15, -0.1) is 6.58 Å². The molecule has 7 nitrogen and oxygen atoms in total. The second-order valence-electron chi connectivity index (χ2n) is 5.81. The van der Waals surface area contributed by atoms with Crippen LogP contribution in [0.2, 0.25) is 0 Å². The molecule has 27 heavy (non-hydrogen) atoms. The Bertz CT molecular complexity index is 789. The van der Waals surface area contributed by atoms with E-state index in [0.29, 0.717) is 11.3 Å². The number of hydrogen-bond acceptors (Lipinski definition) is 5. The van der Waals surface area contributed by atoms with E-state index in [9.17, 15) is 14.7 Å². The van der Waals surface area contributed by atoms with Crippen LogP contribution in [-0.4, -0.2) is 41.2 Å². The number of carbonyl (C=O) groups is 2. The van der Waals surface area contributed by atoms with Crippen molar-refractivity contribution in [3.05, 3.63) is 72.1 Å². The fourth-order valence-corrected chi connectivity index (χ4v) is 2.19. The summed E-state index contributed by atoms with van der Waals surface area (Å²) in [5, 5.41) is 11.7. The minimum atomic E-state index is -1.17. The molecule has 0 aliphatic rings. The van der Waals surface area contributed by atoms with Crippen molar-refractivity contribution in [1.82, 2.24) is 10.3 Å². The Hall–Kier alpha value is -3.19. The van der Waals surface area contributed by atoms with Crippen molar-refractivity contribution in [3.8, 4) is 5.75 Å². The number of carboxylic acids is 1. The first kappa shape index (κ1) is 20.1. The van der Waals surface area contributed by atoms with Gasteiger partial charge in [0.1, 0.15) is 12.4 Å². The fourth-order valence-electron chi connectivity index (χ4n) is 2.19. The van der Waals surface area contributed by atoms with Crippen molar-refractivity contribution >= 4 is 11.9 Å². The van der Waals surface area contributed by atoms with Gasteiger partial charge >= 0.3 is 5.97 Å². The molecule has 0 saturated heterocycles. The summed E-state index contributed by atoms with van der Waals surface area (Å²) in [6, 6.07) is 9.32. The third kappa shape index (κ3) is 6.56. The number of nitrogens with zero attached hydrogens (tertiary/aromatic N) is 1. The summed E-state index contributed by atoms with van der Waals surface area (Å²) in [5.41, 5.74) is 2.01. The molecule has 0 bridgehead atoms. The van der Waals surface area contributed by atoms with Gasteiger partial charge in [0.2, 0.25) is 0 Å². The maximum Gasteiger partial charge on any atom is 0.328 e. The number of nitrogens with one attached hydrogen (secondary N) is 1. The van der Waals surface area contributed by atoms with E-state index in [1.54, 1.807) is 24.4 Å². The van der Waals surface area contributed by atoms with Gasteiger partial charge in [-0.3, -0.25) is 9.78 Å². The Morgan fingerprint density at radius 2 is 2.15 bits per heavy atom. The number of ether oxygens (including phenoxy) is 2. The number of carbonyl (C=O) groups excluding carboxylic acids is 1. The van der Waals surface area contributed by atoms with E-state index in [2.05, 4.69) is 16.9 Å². The molecule has 1 atom stereocenters. The number of benzene rings is 1. The number of pyridine rings is 1. The average molecular weight is 370 g/mol. The summed E-state index contributed by atoms with van der Waals surface area (Å²) in [6.07, 6.45) is 3.14. The highest BCUT2D eigenvalue weighted by atomic mass is 16.5. The van der Waals surface area contributed by atoms with Crippen LogP contribution in [0.1, 0.15) is 21.6 Å². The Balaban J connectivity index is 1.97. The summed E-state index contributed by atoms with van der Waals surface area (Å²) in [4.78, 5) is 27.8. The Morgan fingerprint density at radius 3 is 2.81 bits per heavy atom. The van der Waals surface area contributed by atoms with Gasteiger partial charge in [-0.25, -0.2) is 4.79 Å². The number of carboxylic acid groups (broad SMARTS) is 1. The first-order valence-corrected chi connectivity index (χ1v) is 8.36. The van der Waals surface area contributed by atoms with Crippen LogP contribution >= 0.6 is 0 Å². The maximum absolute atomic E-state index is 12.4. The van der Waals surface area contributed by atoms with E-state index < -0.39 is 17.9 Å². The largest absolute Gasteiger partial charge is 0.487 e. The van der Waals surface area contributed by atoms with Crippen molar-refractivity contribution in [2.45, 2.75) is 19.6 Å². The van der Waals surface area contributed by atoms with Gasteiger partial charge in [-0.05, 0) is 36.8 Å². The van der Waals surface area contributed by atoms with E-state index in [1.807, 2.05) is 25.1 Å². The van der Waals surface area contributed by atoms with Crippen molar-refractivity contribution in [3.63, 3.8) is 0 Å². The molecular weight excluding hydrogens is 348 g/mol. The summed E-state index contributed by atoms with van der Waals surface area (Å²) in [7, 11) is 0.